The number of amides is 1. The summed E-state index contributed by atoms with van der Waals surface area (Å²) in [5.41, 5.74) is -0.244. The van der Waals surface area contributed by atoms with Crippen LogP contribution in [0.1, 0.15) is 32.4 Å². The van der Waals surface area contributed by atoms with Crippen molar-refractivity contribution in [2.24, 2.45) is 0 Å². The topological polar surface area (TPSA) is 59.0 Å². The van der Waals surface area contributed by atoms with Crippen molar-refractivity contribution in [3.63, 3.8) is 0 Å². The van der Waals surface area contributed by atoms with Crippen LogP contribution in [0.5, 0.6) is 0 Å². The third kappa shape index (κ3) is 4.80. The maximum atomic E-state index is 13.5. The monoisotopic (exact) mass is 345 g/mol. The smallest absolute Gasteiger partial charge is 0.410 e. The Hall–Kier alpha value is -1.37. The van der Waals surface area contributed by atoms with Gasteiger partial charge in [0.05, 0.1) is 18.2 Å². The second-order valence-corrected chi connectivity index (χ2v) is 6.86. The van der Waals surface area contributed by atoms with Gasteiger partial charge in [-0.1, -0.05) is 17.7 Å². The summed E-state index contributed by atoms with van der Waals surface area (Å²) in [6.45, 7) is 6.18. The number of morpholine rings is 1. The van der Waals surface area contributed by atoms with E-state index >= 15 is 0 Å². The van der Waals surface area contributed by atoms with Crippen LogP contribution in [0.3, 0.4) is 0 Å². The van der Waals surface area contributed by atoms with Crippen molar-refractivity contribution in [1.82, 2.24) is 4.90 Å². The molecule has 1 amide bonds. The lowest BCUT2D eigenvalue weighted by Gasteiger charge is -2.36. The predicted molar refractivity (Wildman–Crippen MR) is 83.9 cm³/mol. The van der Waals surface area contributed by atoms with Crippen LogP contribution in [0, 0.1) is 5.82 Å². The van der Waals surface area contributed by atoms with Crippen molar-refractivity contribution in [3.05, 3.63) is 34.6 Å². The quantitative estimate of drug-likeness (QED) is 0.894. The van der Waals surface area contributed by atoms with E-state index in [-0.39, 0.29) is 18.2 Å². The van der Waals surface area contributed by atoms with E-state index in [0.717, 1.165) is 0 Å². The van der Waals surface area contributed by atoms with Crippen LogP contribution in [0.25, 0.3) is 0 Å². The van der Waals surface area contributed by atoms with Gasteiger partial charge in [0.1, 0.15) is 23.6 Å². The molecule has 1 saturated heterocycles. The molecule has 2 rings (SSSR count). The Labute approximate surface area is 139 Å². The Bertz CT molecular complexity index is 576. The van der Waals surface area contributed by atoms with E-state index < -0.39 is 29.7 Å². The molecule has 7 heteroatoms. The third-order valence-corrected chi connectivity index (χ3v) is 3.69. The molecule has 1 fully saturated rings. The number of carbonyl (C=O) groups is 1. The van der Waals surface area contributed by atoms with Crippen molar-refractivity contribution in [2.75, 3.05) is 19.7 Å². The largest absolute Gasteiger partial charge is 0.444 e. The van der Waals surface area contributed by atoms with Gasteiger partial charge in [0.15, 0.2) is 0 Å². The molecule has 128 valence electrons. The first-order chi connectivity index (χ1) is 10.7. The van der Waals surface area contributed by atoms with Gasteiger partial charge in [0.25, 0.3) is 0 Å². The molecule has 1 aliphatic heterocycles. The van der Waals surface area contributed by atoms with Crippen LogP contribution in [0.15, 0.2) is 18.2 Å². The Balaban J connectivity index is 2.05. The number of hydrogen-bond acceptors (Lipinski definition) is 4. The number of aliphatic hydroxyl groups excluding tert-OH is 1. The second kappa shape index (κ2) is 7.03. The molecule has 0 aliphatic carbocycles. The summed E-state index contributed by atoms with van der Waals surface area (Å²) in [6, 6.07) is 4.08. The highest BCUT2D eigenvalue weighted by molar-refractivity contribution is 6.30. The SMILES string of the molecule is CC(C)(C)OC(=O)N1CCO[C@H]([C@H](O)c2ccc(Cl)c(F)c2)C1. The number of aliphatic hydroxyl groups is 1. The number of benzene rings is 1. The van der Waals surface area contributed by atoms with E-state index in [1.54, 1.807) is 20.8 Å². The first kappa shape index (κ1) is 18.0. The maximum absolute atomic E-state index is 13.5. The molecule has 0 unspecified atom stereocenters. The number of ether oxygens (including phenoxy) is 2. The molecule has 1 N–H and O–H groups in total. The first-order valence-corrected chi connectivity index (χ1v) is 7.78. The number of carbonyl (C=O) groups excluding carboxylic acids is 1. The van der Waals surface area contributed by atoms with E-state index in [9.17, 15) is 14.3 Å². The molecule has 1 aromatic carbocycles. The van der Waals surface area contributed by atoms with Crippen molar-refractivity contribution in [2.45, 2.75) is 38.6 Å². The standard InChI is InChI=1S/C16H21ClFNO4/c1-16(2,3)23-15(21)19-6-7-22-13(9-19)14(20)10-4-5-11(17)12(18)8-10/h4-5,8,13-14,20H,6-7,9H2,1-3H3/t13-,14+/m0/s1. The van der Waals surface area contributed by atoms with Gasteiger partial charge in [-0.3, -0.25) is 0 Å². The molecule has 2 atom stereocenters. The fourth-order valence-electron chi connectivity index (χ4n) is 2.27. The molecule has 5 nitrogen and oxygen atoms in total. The van der Waals surface area contributed by atoms with E-state index in [1.807, 2.05) is 0 Å². The average Bonchev–Trinajstić information content (AvgIpc) is 2.48. The van der Waals surface area contributed by atoms with Crippen molar-refractivity contribution in [3.8, 4) is 0 Å². The van der Waals surface area contributed by atoms with Gasteiger partial charge in [0.2, 0.25) is 0 Å². The first-order valence-electron chi connectivity index (χ1n) is 7.40. The van der Waals surface area contributed by atoms with E-state index in [0.29, 0.717) is 12.1 Å². The van der Waals surface area contributed by atoms with Crippen LogP contribution in [-0.4, -0.2) is 47.5 Å². The van der Waals surface area contributed by atoms with Gasteiger partial charge in [-0.15, -0.1) is 0 Å². The van der Waals surface area contributed by atoms with Gasteiger partial charge < -0.3 is 19.5 Å². The molecule has 0 spiro atoms. The molecule has 0 saturated carbocycles. The summed E-state index contributed by atoms with van der Waals surface area (Å²) in [6.07, 6.45) is -2.18. The highest BCUT2D eigenvalue weighted by Crippen LogP contribution is 2.26. The molecular formula is C16H21ClFNO4. The highest BCUT2D eigenvalue weighted by atomic mass is 35.5. The molecule has 23 heavy (non-hydrogen) atoms. The van der Waals surface area contributed by atoms with Crippen LogP contribution in [-0.2, 0) is 9.47 Å². The predicted octanol–water partition coefficient (Wildman–Crippen LogP) is 3.15. The summed E-state index contributed by atoms with van der Waals surface area (Å²) < 4.78 is 24.4. The Morgan fingerprint density at radius 1 is 1.52 bits per heavy atom. The molecular weight excluding hydrogens is 325 g/mol. The Morgan fingerprint density at radius 3 is 2.83 bits per heavy atom. The Kier molecular flexibility index (Phi) is 5.49. The molecule has 1 heterocycles. The minimum atomic E-state index is -1.06. The molecule has 0 radical (unpaired) electrons. The van der Waals surface area contributed by atoms with E-state index in [4.69, 9.17) is 21.1 Å². The van der Waals surface area contributed by atoms with Crippen LogP contribution < -0.4 is 0 Å². The minimum Gasteiger partial charge on any atom is -0.444 e. The number of rotatable bonds is 2. The zero-order valence-corrected chi connectivity index (χ0v) is 14.1. The molecule has 1 aliphatic rings. The average molecular weight is 346 g/mol. The summed E-state index contributed by atoms with van der Waals surface area (Å²) in [5.74, 6) is -0.608. The van der Waals surface area contributed by atoms with Gasteiger partial charge in [-0.05, 0) is 38.5 Å². The highest BCUT2D eigenvalue weighted by Gasteiger charge is 2.32. The lowest BCUT2D eigenvalue weighted by atomic mass is 10.0. The van der Waals surface area contributed by atoms with Gasteiger partial charge in [-0.2, -0.15) is 0 Å². The van der Waals surface area contributed by atoms with Gasteiger partial charge in [-0.25, -0.2) is 9.18 Å². The zero-order valence-electron chi connectivity index (χ0n) is 13.4. The summed E-state index contributed by atoms with van der Waals surface area (Å²) in [4.78, 5) is 13.6. The number of hydrogen-bond donors (Lipinski definition) is 1. The van der Waals surface area contributed by atoms with Crippen LogP contribution in [0.4, 0.5) is 9.18 Å². The lowest BCUT2D eigenvalue weighted by molar-refractivity contribution is -0.0908. The fourth-order valence-corrected chi connectivity index (χ4v) is 2.39. The van der Waals surface area contributed by atoms with Gasteiger partial charge >= 0.3 is 6.09 Å². The van der Waals surface area contributed by atoms with Crippen molar-refractivity contribution in [1.29, 1.82) is 0 Å². The molecule has 1 aromatic rings. The van der Waals surface area contributed by atoms with E-state index in [1.165, 1.54) is 23.1 Å². The summed E-state index contributed by atoms with van der Waals surface area (Å²) in [5, 5.41) is 10.4. The van der Waals surface area contributed by atoms with Gasteiger partial charge in [0, 0.05) is 6.54 Å². The molecule has 0 bridgehead atoms. The van der Waals surface area contributed by atoms with E-state index in [2.05, 4.69) is 0 Å². The minimum absolute atomic E-state index is 0.0131. The molecule has 0 aromatic heterocycles. The summed E-state index contributed by atoms with van der Waals surface area (Å²) in [7, 11) is 0. The fraction of sp³-hybridized carbons (Fsp3) is 0.562. The number of nitrogens with zero attached hydrogens (tertiary/aromatic N) is 1. The lowest BCUT2D eigenvalue weighted by Crippen LogP contribution is -2.49. The third-order valence-electron chi connectivity index (χ3n) is 3.38. The normalized spacial score (nSPS) is 20.3. The Morgan fingerprint density at radius 2 is 2.22 bits per heavy atom. The number of halogens is 2. The van der Waals surface area contributed by atoms with Crippen molar-refractivity contribution < 1.29 is 23.8 Å². The summed E-state index contributed by atoms with van der Waals surface area (Å²) >= 11 is 5.64. The van der Waals surface area contributed by atoms with Crippen LogP contribution in [0.2, 0.25) is 5.02 Å². The second-order valence-electron chi connectivity index (χ2n) is 6.45. The van der Waals surface area contributed by atoms with Crippen molar-refractivity contribution >= 4 is 17.7 Å². The zero-order chi connectivity index (χ0) is 17.2. The maximum Gasteiger partial charge on any atom is 0.410 e. The van der Waals surface area contributed by atoms with Crippen LogP contribution >= 0.6 is 11.6 Å².